The van der Waals surface area contributed by atoms with Crippen LogP contribution >= 0.6 is 23.2 Å². The SMILES string of the molecule is O=C(O)c1[nH]c2c(-c3cc(Cl)ccc3Cl)cccc2c1CCCOc1cccc2ccccc12. The Hall–Kier alpha value is -3.47. The number of nitrogens with one attached hydrogen (secondary N) is 1. The third-order valence-electron chi connectivity index (χ3n) is 5.95. The molecule has 5 aromatic rings. The number of fused-ring (bicyclic) bond motifs is 2. The van der Waals surface area contributed by atoms with Crippen LogP contribution in [0.25, 0.3) is 32.8 Å². The summed E-state index contributed by atoms with van der Waals surface area (Å²) in [5, 5.41) is 14.0. The second-order valence-corrected chi connectivity index (χ2v) is 8.91. The molecular weight excluding hydrogens is 469 g/mol. The highest BCUT2D eigenvalue weighted by molar-refractivity contribution is 6.35. The number of hydrogen-bond acceptors (Lipinski definition) is 2. The fraction of sp³-hybridized carbons (Fsp3) is 0.107. The third kappa shape index (κ3) is 4.23. The fourth-order valence-corrected chi connectivity index (χ4v) is 4.79. The lowest BCUT2D eigenvalue weighted by molar-refractivity contribution is 0.0690. The van der Waals surface area contributed by atoms with E-state index in [0.717, 1.165) is 44.1 Å². The average molecular weight is 490 g/mol. The van der Waals surface area contributed by atoms with Crippen molar-refractivity contribution in [1.29, 1.82) is 0 Å². The Morgan fingerprint density at radius 3 is 2.50 bits per heavy atom. The molecule has 4 aromatic carbocycles. The van der Waals surface area contributed by atoms with Gasteiger partial charge < -0.3 is 14.8 Å². The number of benzene rings is 4. The van der Waals surface area contributed by atoms with Gasteiger partial charge in [0.15, 0.2) is 0 Å². The first kappa shape index (κ1) is 22.3. The predicted octanol–water partition coefficient (Wildman–Crippen LogP) is 8.00. The minimum atomic E-state index is -0.996. The van der Waals surface area contributed by atoms with Crippen molar-refractivity contribution in [1.82, 2.24) is 4.98 Å². The molecule has 2 N–H and O–H groups in total. The molecule has 0 bridgehead atoms. The molecule has 0 atom stereocenters. The van der Waals surface area contributed by atoms with Crippen LogP contribution in [0, 0.1) is 0 Å². The number of aryl methyl sites for hydroxylation is 1. The van der Waals surface area contributed by atoms with Gasteiger partial charge in [-0.2, -0.15) is 0 Å². The van der Waals surface area contributed by atoms with Crippen LogP contribution in [-0.2, 0) is 6.42 Å². The molecule has 0 spiro atoms. The molecule has 0 saturated heterocycles. The average Bonchev–Trinajstić information content (AvgIpc) is 3.22. The van der Waals surface area contributed by atoms with Gasteiger partial charge in [0.05, 0.1) is 12.1 Å². The highest BCUT2D eigenvalue weighted by Crippen LogP contribution is 2.37. The van der Waals surface area contributed by atoms with E-state index in [-0.39, 0.29) is 5.69 Å². The number of aromatic nitrogens is 1. The molecule has 0 saturated carbocycles. The van der Waals surface area contributed by atoms with Crippen molar-refractivity contribution in [3.63, 3.8) is 0 Å². The number of aromatic carboxylic acids is 1. The van der Waals surface area contributed by atoms with Crippen LogP contribution in [0.5, 0.6) is 5.75 Å². The van der Waals surface area contributed by atoms with Gasteiger partial charge in [0.1, 0.15) is 11.4 Å². The van der Waals surface area contributed by atoms with Crippen LogP contribution in [0.1, 0.15) is 22.5 Å². The van der Waals surface area contributed by atoms with E-state index in [1.807, 2.05) is 48.5 Å². The molecule has 170 valence electrons. The molecule has 5 rings (SSSR count). The number of aromatic amines is 1. The van der Waals surface area contributed by atoms with Gasteiger partial charge in [0, 0.05) is 31.9 Å². The van der Waals surface area contributed by atoms with Gasteiger partial charge in [-0.15, -0.1) is 0 Å². The van der Waals surface area contributed by atoms with Crippen molar-refractivity contribution in [2.75, 3.05) is 6.61 Å². The molecule has 0 unspecified atom stereocenters. The molecule has 0 aliphatic carbocycles. The molecule has 1 aromatic heterocycles. The molecular formula is C28H21Cl2NO3. The number of carbonyl (C=O) groups is 1. The smallest absolute Gasteiger partial charge is 0.352 e. The van der Waals surface area contributed by atoms with Crippen molar-refractivity contribution in [3.8, 4) is 16.9 Å². The summed E-state index contributed by atoms with van der Waals surface area (Å²) in [6.45, 7) is 0.472. The molecule has 0 aliphatic heterocycles. The lowest BCUT2D eigenvalue weighted by Crippen LogP contribution is -2.04. The Morgan fingerprint density at radius 1 is 0.882 bits per heavy atom. The topological polar surface area (TPSA) is 62.3 Å². The van der Waals surface area contributed by atoms with E-state index < -0.39 is 5.97 Å². The van der Waals surface area contributed by atoms with Crippen molar-refractivity contribution in [3.05, 3.63) is 100 Å². The Morgan fingerprint density at radius 2 is 1.65 bits per heavy atom. The summed E-state index contributed by atoms with van der Waals surface area (Å²) in [6, 6.07) is 25.1. The zero-order valence-electron chi connectivity index (χ0n) is 18.1. The monoisotopic (exact) mass is 489 g/mol. The first-order valence-corrected chi connectivity index (χ1v) is 11.7. The number of para-hydroxylation sites is 1. The highest BCUT2D eigenvalue weighted by atomic mass is 35.5. The van der Waals surface area contributed by atoms with E-state index in [9.17, 15) is 9.90 Å². The first-order valence-electron chi connectivity index (χ1n) is 11.0. The maximum Gasteiger partial charge on any atom is 0.352 e. The van der Waals surface area contributed by atoms with Gasteiger partial charge in [-0.05, 0) is 48.1 Å². The third-order valence-corrected chi connectivity index (χ3v) is 6.52. The summed E-state index contributed by atoms with van der Waals surface area (Å²) < 4.78 is 6.06. The summed E-state index contributed by atoms with van der Waals surface area (Å²) in [5.41, 5.74) is 3.23. The summed E-state index contributed by atoms with van der Waals surface area (Å²) in [4.78, 5) is 15.2. The van der Waals surface area contributed by atoms with Crippen LogP contribution in [0.15, 0.2) is 78.9 Å². The van der Waals surface area contributed by atoms with Crippen LogP contribution in [0.4, 0.5) is 0 Å². The zero-order valence-corrected chi connectivity index (χ0v) is 19.7. The Balaban J connectivity index is 1.43. The molecule has 0 fully saturated rings. The standard InChI is InChI=1S/C28H21Cl2NO3/c29-18-13-14-24(30)23(16-18)22-10-4-9-20-21(27(28(32)33)31-26(20)22)11-5-15-34-25-12-3-7-17-6-1-2-8-19(17)25/h1-4,6-10,12-14,16,31H,5,11,15H2,(H,32,33). The minimum Gasteiger partial charge on any atom is -0.493 e. The maximum absolute atomic E-state index is 12.1. The van der Waals surface area contributed by atoms with E-state index in [1.165, 1.54) is 0 Å². The van der Waals surface area contributed by atoms with Crippen molar-refractivity contribution in [2.24, 2.45) is 0 Å². The minimum absolute atomic E-state index is 0.186. The number of hydrogen-bond donors (Lipinski definition) is 2. The summed E-state index contributed by atoms with van der Waals surface area (Å²) >= 11 is 12.6. The first-order chi connectivity index (χ1) is 16.5. The summed E-state index contributed by atoms with van der Waals surface area (Å²) in [6.07, 6.45) is 1.22. The Kier molecular flexibility index (Phi) is 6.18. The molecule has 0 radical (unpaired) electrons. The summed E-state index contributed by atoms with van der Waals surface area (Å²) in [5.74, 6) is -0.169. The van der Waals surface area contributed by atoms with E-state index in [1.54, 1.807) is 18.2 Å². The van der Waals surface area contributed by atoms with Crippen molar-refractivity contribution < 1.29 is 14.6 Å². The zero-order chi connectivity index (χ0) is 23.7. The molecule has 1 heterocycles. The van der Waals surface area contributed by atoms with Gasteiger partial charge in [-0.1, -0.05) is 77.8 Å². The van der Waals surface area contributed by atoms with Gasteiger partial charge >= 0.3 is 5.97 Å². The molecule has 6 heteroatoms. The normalized spacial score (nSPS) is 11.2. The number of carboxylic acid groups (broad SMARTS) is 1. The second-order valence-electron chi connectivity index (χ2n) is 8.07. The number of ether oxygens (including phenoxy) is 1. The molecule has 4 nitrogen and oxygen atoms in total. The number of halogens is 2. The molecule has 34 heavy (non-hydrogen) atoms. The van der Waals surface area contributed by atoms with E-state index in [0.29, 0.717) is 29.5 Å². The van der Waals surface area contributed by atoms with Gasteiger partial charge in [-0.25, -0.2) is 4.79 Å². The van der Waals surface area contributed by atoms with Crippen LogP contribution in [-0.4, -0.2) is 22.7 Å². The van der Waals surface area contributed by atoms with E-state index in [4.69, 9.17) is 27.9 Å². The van der Waals surface area contributed by atoms with Gasteiger partial charge in [-0.3, -0.25) is 0 Å². The van der Waals surface area contributed by atoms with Gasteiger partial charge in [0.25, 0.3) is 0 Å². The predicted molar refractivity (Wildman–Crippen MR) is 138 cm³/mol. The van der Waals surface area contributed by atoms with Crippen LogP contribution in [0.2, 0.25) is 10.0 Å². The molecule has 0 aliphatic rings. The van der Waals surface area contributed by atoms with Crippen molar-refractivity contribution in [2.45, 2.75) is 12.8 Å². The fourth-order valence-electron chi connectivity index (χ4n) is 4.40. The maximum atomic E-state index is 12.1. The van der Waals surface area contributed by atoms with Gasteiger partial charge in [0.2, 0.25) is 0 Å². The number of H-pyrrole nitrogens is 1. The Bertz CT molecular complexity index is 1520. The second kappa shape index (κ2) is 9.41. The molecule has 0 amide bonds. The van der Waals surface area contributed by atoms with E-state index >= 15 is 0 Å². The largest absolute Gasteiger partial charge is 0.493 e. The quantitative estimate of drug-likeness (QED) is 0.227. The van der Waals surface area contributed by atoms with Crippen LogP contribution in [0.3, 0.4) is 0 Å². The lowest BCUT2D eigenvalue weighted by Gasteiger charge is -2.10. The summed E-state index contributed by atoms with van der Waals surface area (Å²) in [7, 11) is 0. The van der Waals surface area contributed by atoms with E-state index in [2.05, 4.69) is 17.1 Å². The highest BCUT2D eigenvalue weighted by Gasteiger charge is 2.20. The van der Waals surface area contributed by atoms with Crippen molar-refractivity contribution >= 4 is 50.8 Å². The Labute approximate surface area is 206 Å². The van der Waals surface area contributed by atoms with Crippen LogP contribution < -0.4 is 4.74 Å². The number of rotatable bonds is 7. The lowest BCUT2D eigenvalue weighted by atomic mass is 10.00. The number of carboxylic acids is 1.